The number of nitrogens with one attached hydrogen (secondary N) is 3. The molecular formula is C41H60N4O24. The second-order valence-electron chi connectivity index (χ2n) is 14.4. The van der Waals surface area contributed by atoms with Crippen molar-refractivity contribution in [2.75, 3.05) is 46.4 Å². The molecule has 3 N–H and O–H groups in total. The number of carbonyl (C=O) groups is 14. The van der Waals surface area contributed by atoms with Crippen molar-refractivity contribution in [1.29, 1.82) is 0 Å². The highest BCUT2D eigenvalue weighted by molar-refractivity contribution is 5.86. The molecule has 0 aliphatic carbocycles. The van der Waals surface area contributed by atoms with E-state index >= 15 is 0 Å². The Morgan fingerprint density at radius 1 is 0.391 bits per heavy atom. The molecule has 8 atom stereocenters. The van der Waals surface area contributed by atoms with Crippen molar-refractivity contribution < 1.29 is 114 Å². The topological polar surface area (TPSA) is 371 Å². The lowest BCUT2D eigenvalue weighted by Crippen LogP contribution is -2.58. The summed E-state index contributed by atoms with van der Waals surface area (Å²) < 4.78 is 51.7. The maximum Gasteiger partial charge on any atom is 0.303 e. The van der Waals surface area contributed by atoms with Gasteiger partial charge in [0.25, 0.3) is 11.8 Å². The highest BCUT2D eigenvalue weighted by atomic mass is 16.7. The van der Waals surface area contributed by atoms with Crippen LogP contribution in [0, 0.1) is 0 Å². The minimum absolute atomic E-state index is 0.329. The van der Waals surface area contributed by atoms with Crippen LogP contribution in [-0.2, 0) is 114 Å². The van der Waals surface area contributed by atoms with Gasteiger partial charge in [-0.15, -0.1) is 0 Å². The molecule has 0 aromatic heterocycles. The second kappa shape index (κ2) is 31.5. The fraction of sp³-hybridized carbons (Fsp3) is 0.659. The highest BCUT2D eigenvalue weighted by Crippen LogP contribution is 2.22. The second-order valence-corrected chi connectivity index (χ2v) is 14.4. The Kier molecular flexibility index (Phi) is 28.1. The number of hydrogen-bond acceptors (Lipinski definition) is 24. The molecule has 0 aromatic rings. The van der Waals surface area contributed by atoms with Gasteiger partial charge in [-0.25, -0.2) is 0 Å². The summed E-state index contributed by atoms with van der Waals surface area (Å²) in [5, 5.41) is 7.07. The van der Waals surface area contributed by atoms with Gasteiger partial charge in [0.2, 0.25) is 24.0 Å². The SMILES string of the molecule is CNC(=O)CCC(=O)N(CCNC(=O)[C@@H](OC(C)=O)[C@H](OC(C)=O)[C@@H](OC(C)=O)[C@@H](COC(C)=O)OC(C)=O)CCNC(=O)[C@H](OC(C)=O)[C@@H](OC(C)=O)[C@H](OC(C)=O)[C@H](COC(C)=O)OC(C)=O. The molecule has 0 heterocycles. The predicted octanol–water partition coefficient (Wildman–Crippen LogP) is -2.85. The van der Waals surface area contributed by atoms with E-state index in [9.17, 15) is 67.1 Å². The number of esters is 10. The van der Waals surface area contributed by atoms with E-state index in [0.717, 1.165) is 74.1 Å². The van der Waals surface area contributed by atoms with Gasteiger partial charge in [-0.05, 0) is 0 Å². The lowest BCUT2D eigenvalue weighted by atomic mass is 10.0. The fourth-order valence-electron chi connectivity index (χ4n) is 5.89. The van der Waals surface area contributed by atoms with E-state index in [2.05, 4.69) is 16.0 Å². The number of nitrogens with zero attached hydrogens (tertiary/aromatic N) is 1. The maximum atomic E-state index is 13.8. The zero-order valence-corrected chi connectivity index (χ0v) is 40.0. The summed E-state index contributed by atoms with van der Waals surface area (Å²) in [5.41, 5.74) is 0. The van der Waals surface area contributed by atoms with Crippen LogP contribution in [0.15, 0.2) is 0 Å². The third kappa shape index (κ3) is 25.9. The third-order valence-corrected chi connectivity index (χ3v) is 8.38. The zero-order valence-electron chi connectivity index (χ0n) is 40.0. The lowest BCUT2D eigenvalue weighted by Gasteiger charge is -2.35. The summed E-state index contributed by atoms with van der Waals surface area (Å²) in [4.78, 5) is 176. The molecule has 4 amide bonds. The molecule has 0 aromatic carbocycles. The Hall–Kier alpha value is -7.42. The molecule has 0 aliphatic rings. The third-order valence-electron chi connectivity index (χ3n) is 8.38. The summed E-state index contributed by atoms with van der Waals surface area (Å²) in [5.74, 6) is -14.2. The molecule has 69 heavy (non-hydrogen) atoms. The fourth-order valence-corrected chi connectivity index (χ4v) is 5.89. The van der Waals surface area contributed by atoms with Gasteiger partial charge in [0.1, 0.15) is 13.2 Å². The van der Waals surface area contributed by atoms with Crippen molar-refractivity contribution in [3.63, 3.8) is 0 Å². The van der Waals surface area contributed by atoms with Crippen LogP contribution < -0.4 is 16.0 Å². The van der Waals surface area contributed by atoms with Gasteiger partial charge < -0.3 is 68.2 Å². The van der Waals surface area contributed by atoms with E-state index in [1.807, 2.05) is 0 Å². The summed E-state index contributed by atoms with van der Waals surface area (Å²) in [6.07, 6.45) is -16.7. The van der Waals surface area contributed by atoms with Crippen molar-refractivity contribution in [1.82, 2.24) is 20.9 Å². The molecule has 0 radical (unpaired) electrons. The van der Waals surface area contributed by atoms with Gasteiger partial charge in [0, 0.05) is 115 Å². The maximum absolute atomic E-state index is 13.8. The largest absolute Gasteiger partial charge is 0.462 e. The summed E-state index contributed by atoms with van der Waals surface area (Å²) in [7, 11) is 1.31. The van der Waals surface area contributed by atoms with Crippen molar-refractivity contribution in [3.05, 3.63) is 0 Å². The molecule has 0 spiro atoms. The van der Waals surface area contributed by atoms with E-state index in [4.69, 9.17) is 47.4 Å². The zero-order chi connectivity index (χ0) is 53.1. The van der Waals surface area contributed by atoms with E-state index in [1.54, 1.807) is 0 Å². The molecule has 0 bridgehead atoms. The quantitative estimate of drug-likeness (QED) is 0.0502. The van der Waals surface area contributed by atoms with Crippen LogP contribution >= 0.6 is 0 Å². The Labute approximate surface area is 395 Å². The molecule has 28 nitrogen and oxygen atoms in total. The van der Waals surface area contributed by atoms with Gasteiger partial charge in [-0.3, -0.25) is 67.1 Å². The monoisotopic (exact) mass is 992 g/mol. The van der Waals surface area contributed by atoms with Crippen molar-refractivity contribution in [2.45, 2.75) is 131 Å². The summed E-state index contributed by atoms with van der Waals surface area (Å²) in [6.45, 7) is 5.65. The first-order chi connectivity index (χ1) is 32.1. The molecule has 0 aliphatic heterocycles. The molecule has 388 valence electrons. The average Bonchev–Trinajstić information content (AvgIpc) is 3.22. The van der Waals surface area contributed by atoms with Gasteiger partial charge in [-0.1, -0.05) is 0 Å². The van der Waals surface area contributed by atoms with Gasteiger partial charge >= 0.3 is 59.7 Å². The molecule has 28 heteroatoms. The number of hydrogen-bond donors (Lipinski definition) is 3. The number of amides is 4. The summed E-state index contributed by atoms with van der Waals surface area (Å²) >= 11 is 0. The molecule has 0 rings (SSSR count). The normalized spacial score (nSPS) is 14.0. The first kappa shape index (κ1) is 61.6. The predicted molar refractivity (Wildman–Crippen MR) is 224 cm³/mol. The van der Waals surface area contributed by atoms with Gasteiger partial charge in [0.05, 0.1) is 0 Å². The van der Waals surface area contributed by atoms with Crippen LogP contribution in [-0.4, -0.2) is 183 Å². The number of rotatable bonds is 29. The Balaban J connectivity index is 6.98. The van der Waals surface area contributed by atoms with Crippen LogP contribution in [0.4, 0.5) is 0 Å². The molecular weight excluding hydrogens is 932 g/mol. The minimum Gasteiger partial charge on any atom is -0.462 e. The number of ether oxygens (including phenoxy) is 10. The molecule has 0 fully saturated rings. The Bertz CT molecular complexity index is 1770. The first-order valence-corrected chi connectivity index (χ1v) is 20.8. The molecule has 0 unspecified atom stereocenters. The van der Waals surface area contributed by atoms with Gasteiger partial charge in [-0.2, -0.15) is 0 Å². The van der Waals surface area contributed by atoms with E-state index in [-0.39, 0.29) is 6.42 Å². The van der Waals surface area contributed by atoms with Crippen LogP contribution in [0.25, 0.3) is 0 Å². The smallest absolute Gasteiger partial charge is 0.303 e. The highest BCUT2D eigenvalue weighted by Gasteiger charge is 2.48. The van der Waals surface area contributed by atoms with E-state index < -0.39 is 178 Å². The minimum atomic E-state index is -2.18. The molecule has 0 saturated carbocycles. The van der Waals surface area contributed by atoms with Crippen molar-refractivity contribution >= 4 is 83.3 Å². The van der Waals surface area contributed by atoms with Crippen LogP contribution in [0.3, 0.4) is 0 Å². The van der Waals surface area contributed by atoms with Crippen LogP contribution in [0.2, 0.25) is 0 Å². The Morgan fingerprint density at radius 3 is 0.971 bits per heavy atom. The van der Waals surface area contributed by atoms with Crippen LogP contribution in [0.1, 0.15) is 82.1 Å². The van der Waals surface area contributed by atoms with Gasteiger partial charge in [0.15, 0.2) is 36.6 Å². The van der Waals surface area contributed by atoms with Crippen molar-refractivity contribution in [2.24, 2.45) is 0 Å². The number of carbonyl (C=O) groups excluding carboxylic acids is 14. The lowest BCUT2D eigenvalue weighted by molar-refractivity contribution is -0.203. The molecule has 0 saturated heterocycles. The van der Waals surface area contributed by atoms with E-state index in [1.165, 1.54) is 7.05 Å². The van der Waals surface area contributed by atoms with Crippen molar-refractivity contribution in [3.8, 4) is 0 Å². The average molecular weight is 993 g/mol. The first-order valence-electron chi connectivity index (χ1n) is 20.8. The summed E-state index contributed by atoms with van der Waals surface area (Å²) in [6, 6.07) is 0. The van der Waals surface area contributed by atoms with E-state index in [0.29, 0.717) is 0 Å². The standard InChI is InChI=1S/C41H60N4O24/c1-20(46)60-18-30(62-22(3)48)34(64-24(5)50)36(66-26(7)52)38(68-28(9)54)40(58)43-14-16-45(33(57)13-12-32(56)42-11)17-15-44-41(59)39(69-29(10)55)37(67-27(8)53)35(65-25(6)51)31(63-23(4)49)19-61-21(2)47/h30-31,34-39H,12-19H2,1-11H3,(H,42,56)(H,43,58)(H,44,59)/t30-,31+,34+,35-,36-,37+,38+,39-. The van der Waals surface area contributed by atoms with Crippen LogP contribution in [0.5, 0.6) is 0 Å². The Morgan fingerprint density at radius 2 is 0.696 bits per heavy atom.